The van der Waals surface area contributed by atoms with Crippen LogP contribution in [0.3, 0.4) is 0 Å². The number of ether oxygens (including phenoxy) is 1. The molecule has 21 heavy (non-hydrogen) atoms. The van der Waals surface area contributed by atoms with Gasteiger partial charge in [0.25, 0.3) is 0 Å². The Bertz CT molecular complexity index is 446. The molecule has 1 aliphatic rings. The Balaban J connectivity index is 1.75. The summed E-state index contributed by atoms with van der Waals surface area (Å²) in [5.74, 6) is 0.760. The van der Waals surface area contributed by atoms with Crippen LogP contribution in [0.1, 0.15) is 37.7 Å². The zero-order chi connectivity index (χ0) is 15.2. The lowest BCUT2D eigenvalue weighted by atomic mass is 9.94. The molecular weight excluding hydrogens is 286 g/mol. The van der Waals surface area contributed by atoms with Gasteiger partial charge in [-0.15, -0.1) is 0 Å². The Hall–Kier alpha value is -0.770. The van der Waals surface area contributed by atoms with E-state index in [0.717, 1.165) is 16.3 Å². The minimum Gasteiger partial charge on any atom is -0.491 e. The SMILES string of the molecule is Cc1cc(OCC(O)CN(C)C2CCCCC2)ccc1Cl. The van der Waals surface area contributed by atoms with Crippen molar-refractivity contribution in [3.8, 4) is 5.75 Å². The molecule has 0 heterocycles. The number of aryl methyl sites for hydroxylation is 1. The van der Waals surface area contributed by atoms with Gasteiger partial charge in [-0.25, -0.2) is 0 Å². The van der Waals surface area contributed by atoms with Gasteiger partial charge in [0, 0.05) is 17.6 Å². The van der Waals surface area contributed by atoms with Gasteiger partial charge in [-0.1, -0.05) is 30.9 Å². The zero-order valence-corrected chi connectivity index (χ0v) is 13.8. The Kier molecular flexibility index (Phi) is 6.34. The third-order valence-corrected chi connectivity index (χ3v) is 4.69. The van der Waals surface area contributed by atoms with E-state index >= 15 is 0 Å². The Morgan fingerprint density at radius 1 is 1.33 bits per heavy atom. The van der Waals surface area contributed by atoms with E-state index in [-0.39, 0.29) is 0 Å². The maximum absolute atomic E-state index is 10.1. The molecule has 1 aromatic rings. The first-order chi connectivity index (χ1) is 10.1. The number of benzene rings is 1. The molecule has 0 aromatic heterocycles. The summed E-state index contributed by atoms with van der Waals surface area (Å²) < 4.78 is 5.66. The summed E-state index contributed by atoms with van der Waals surface area (Å²) >= 11 is 5.99. The van der Waals surface area contributed by atoms with Crippen molar-refractivity contribution in [2.75, 3.05) is 20.2 Å². The first-order valence-corrected chi connectivity index (χ1v) is 8.21. The minimum atomic E-state index is -0.465. The number of halogens is 1. The van der Waals surface area contributed by atoms with Crippen molar-refractivity contribution in [1.29, 1.82) is 0 Å². The van der Waals surface area contributed by atoms with E-state index in [9.17, 15) is 5.11 Å². The summed E-state index contributed by atoms with van der Waals surface area (Å²) in [5.41, 5.74) is 0.989. The summed E-state index contributed by atoms with van der Waals surface area (Å²) in [5, 5.41) is 10.9. The van der Waals surface area contributed by atoms with Crippen LogP contribution < -0.4 is 4.74 Å². The van der Waals surface area contributed by atoms with Gasteiger partial charge >= 0.3 is 0 Å². The van der Waals surface area contributed by atoms with Gasteiger partial charge in [0.1, 0.15) is 18.5 Å². The van der Waals surface area contributed by atoms with Gasteiger partial charge in [0.05, 0.1) is 0 Å². The third kappa shape index (κ3) is 5.17. The molecule has 1 aromatic carbocycles. The van der Waals surface area contributed by atoms with E-state index in [1.807, 2.05) is 25.1 Å². The number of rotatable bonds is 6. The fraction of sp³-hybridized carbons (Fsp3) is 0.647. The second kappa shape index (κ2) is 8.02. The maximum Gasteiger partial charge on any atom is 0.119 e. The van der Waals surface area contributed by atoms with E-state index in [1.54, 1.807) is 0 Å². The first-order valence-electron chi connectivity index (χ1n) is 7.83. The molecule has 1 aliphatic carbocycles. The highest BCUT2D eigenvalue weighted by Crippen LogP contribution is 2.23. The second-order valence-electron chi connectivity index (χ2n) is 6.11. The summed E-state index contributed by atoms with van der Waals surface area (Å²) in [6.07, 6.45) is 6.01. The van der Waals surface area contributed by atoms with E-state index in [4.69, 9.17) is 16.3 Å². The van der Waals surface area contributed by atoms with Crippen LogP contribution in [0.15, 0.2) is 18.2 Å². The average molecular weight is 312 g/mol. The van der Waals surface area contributed by atoms with E-state index in [0.29, 0.717) is 19.2 Å². The number of likely N-dealkylation sites (N-methyl/N-ethyl adjacent to an activating group) is 1. The molecule has 1 atom stereocenters. The standard InChI is InChI=1S/C17H26ClNO2/c1-13-10-16(8-9-17(13)18)21-12-15(20)11-19(2)14-6-4-3-5-7-14/h8-10,14-15,20H,3-7,11-12H2,1-2H3. The molecule has 2 rings (SSSR count). The molecule has 0 spiro atoms. The van der Waals surface area contributed by atoms with E-state index in [2.05, 4.69) is 11.9 Å². The number of nitrogens with zero attached hydrogens (tertiary/aromatic N) is 1. The molecule has 1 fully saturated rings. The van der Waals surface area contributed by atoms with Crippen molar-refractivity contribution in [3.63, 3.8) is 0 Å². The number of hydrogen-bond acceptors (Lipinski definition) is 3. The van der Waals surface area contributed by atoms with Crippen LogP contribution >= 0.6 is 11.6 Å². The number of aliphatic hydroxyl groups excluding tert-OH is 1. The molecule has 118 valence electrons. The van der Waals surface area contributed by atoms with Crippen molar-refractivity contribution in [2.45, 2.75) is 51.2 Å². The predicted molar refractivity (Wildman–Crippen MR) is 87.2 cm³/mol. The molecule has 0 radical (unpaired) electrons. The zero-order valence-electron chi connectivity index (χ0n) is 13.0. The Labute approximate surface area is 132 Å². The molecule has 4 heteroatoms. The van der Waals surface area contributed by atoms with Crippen LogP contribution in [0.2, 0.25) is 5.02 Å². The fourth-order valence-corrected chi connectivity index (χ4v) is 3.07. The van der Waals surface area contributed by atoms with Crippen molar-refractivity contribution >= 4 is 11.6 Å². The fourth-order valence-electron chi connectivity index (χ4n) is 2.96. The van der Waals surface area contributed by atoms with Crippen LogP contribution in [0.4, 0.5) is 0 Å². The lowest BCUT2D eigenvalue weighted by Gasteiger charge is -2.32. The molecule has 1 saturated carbocycles. The second-order valence-corrected chi connectivity index (χ2v) is 6.51. The van der Waals surface area contributed by atoms with Crippen LogP contribution in [0.25, 0.3) is 0 Å². The topological polar surface area (TPSA) is 32.7 Å². The molecular formula is C17H26ClNO2. The lowest BCUT2D eigenvalue weighted by Crippen LogP contribution is -2.40. The number of hydrogen-bond donors (Lipinski definition) is 1. The Morgan fingerprint density at radius 3 is 2.71 bits per heavy atom. The van der Waals surface area contributed by atoms with Crippen molar-refractivity contribution < 1.29 is 9.84 Å². The largest absolute Gasteiger partial charge is 0.491 e. The van der Waals surface area contributed by atoms with Gasteiger partial charge in [-0.3, -0.25) is 0 Å². The van der Waals surface area contributed by atoms with Gasteiger partial charge < -0.3 is 14.7 Å². The highest BCUT2D eigenvalue weighted by atomic mass is 35.5. The molecule has 1 unspecified atom stereocenters. The molecule has 3 nitrogen and oxygen atoms in total. The molecule has 0 saturated heterocycles. The minimum absolute atomic E-state index is 0.318. The van der Waals surface area contributed by atoms with E-state index < -0.39 is 6.10 Å². The smallest absolute Gasteiger partial charge is 0.119 e. The normalized spacial score (nSPS) is 18.0. The quantitative estimate of drug-likeness (QED) is 0.870. The summed E-state index contributed by atoms with van der Waals surface area (Å²) in [6.45, 7) is 2.93. The van der Waals surface area contributed by atoms with Crippen molar-refractivity contribution in [1.82, 2.24) is 4.90 Å². The Morgan fingerprint density at radius 2 is 2.05 bits per heavy atom. The molecule has 0 amide bonds. The lowest BCUT2D eigenvalue weighted by molar-refractivity contribution is 0.0561. The van der Waals surface area contributed by atoms with E-state index in [1.165, 1.54) is 32.1 Å². The van der Waals surface area contributed by atoms with Crippen LogP contribution in [-0.2, 0) is 0 Å². The summed E-state index contributed by atoms with van der Waals surface area (Å²) in [6, 6.07) is 6.19. The highest BCUT2D eigenvalue weighted by Gasteiger charge is 2.20. The van der Waals surface area contributed by atoms with Crippen molar-refractivity contribution in [3.05, 3.63) is 28.8 Å². The third-order valence-electron chi connectivity index (χ3n) is 4.27. The first kappa shape index (κ1) is 16.6. The van der Waals surface area contributed by atoms with Crippen LogP contribution in [-0.4, -0.2) is 42.4 Å². The van der Waals surface area contributed by atoms with Gasteiger partial charge in [-0.05, 0) is 50.6 Å². The molecule has 1 N–H and O–H groups in total. The average Bonchev–Trinajstić information content (AvgIpc) is 2.49. The van der Waals surface area contributed by atoms with Gasteiger partial charge in [0.2, 0.25) is 0 Å². The van der Waals surface area contributed by atoms with Crippen LogP contribution in [0.5, 0.6) is 5.75 Å². The monoisotopic (exact) mass is 311 g/mol. The van der Waals surface area contributed by atoms with Gasteiger partial charge in [-0.2, -0.15) is 0 Å². The highest BCUT2D eigenvalue weighted by molar-refractivity contribution is 6.31. The van der Waals surface area contributed by atoms with Crippen LogP contribution in [0, 0.1) is 6.92 Å². The predicted octanol–water partition coefficient (Wildman–Crippen LogP) is 3.65. The van der Waals surface area contributed by atoms with Crippen molar-refractivity contribution in [2.24, 2.45) is 0 Å². The summed E-state index contributed by atoms with van der Waals surface area (Å²) in [7, 11) is 2.10. The summed E-state index contributed by atoms with van der Waals surface area (Å²) in [4.78, 5) is 2.28. The molecule has 0 aliphatic heterocycles. The van der Waals surface area contributed by atoms with Gasteiger partial charge in [0.15, 0.2) is 0 Å². The molecule has 0 bridgehead atoms. The number of aliphatic hydroxyl groups is 1. The maximum atomic E-state index is 10.1.